The van der Waals surface area contributed by atoms with Crippen molar-refractivity contribution in [1.82, 2.24) is 10.2 Å². The lowest BCUT2D eigenvalue weighted by molar-refractivity contribution is -0.141. The topological polar surface area (TPSA) is 49.4 Å². The standard InChI is InChI=1S/C30H33ClN2O2/c31-27-18-10-7-15-25(27)22-33(29(34)20-19-23-11-3-1-4-12-23)28(21-24-13-5-2-6-14-24)30(35)32-26-16-8-9-17-26/h1-7,10-15,18,26,28H,8-9,16-17,19-22H2,(H,32,35)/t28-/m0/s1. The van der Waals surface area contributed by atoms with Crippen molar-refractivity contribution in [3.63, 3.8) is 0 Å². The van der Waals surface area contributed by atoms with Crippen LogP contribution in [0.1, 0.15) is 48.8 Å². The first-order valence-electron chi connectivity index (χ1n) is 12.5. The number of amides is 2. The Labute approximate surface area is 213 Å². The van der Waals surface area contributed by atoms with E-state index in [0.717, 1.165) is 42.4 Å². The first kappa shape index (κ1) is 25.0. The Morgan fingerprint density at radius 2 is 1.46 bits per heavy atom. The monoisotopic (exact) mass is 488 g/mol. The number of nitrogens with one attached hydrogen (secondary N) is 1. The largest absolute Gasteiger partial charge is 0.352 e. The van der Waals surface area contributed by atoms with Crippen molar-refractivity contribution in [2.45, 2.75) is 63.6 Å². The van der Waals surface area contributed by atoms with Crippen LogP contribution in [0.5, 0.6) is 0 Å². The van der Waals surface area contributed by atoms with Gasteiger partial charge in [-0.05, 0) is 42.0 Å². The molecule has 0 radical (unpaired) electrons. The predicted octanol–water partition coefficient (Wildman–Crippen LogP) is 5.97. The van der Waals surface area contributed by atoms with E-state index in [2.05, 4.69) is 5.32 Å². The number of halogens is 1. The molecule has 182 valence electrons. The highest BCUT2D eigenvalue weighted by molar-refractivity contribution is 6.31. The molecule has 2 amide bonds. The summed E-state index contributed by atoms with van der Waals surface area (Å²) >= 11 is 6.49. The van der Waals surface area contributed by atoms with Crippen LogP contribution in [-0.2, 0) is 29.0 Å². The number of hydrogen-bond donors (Lipinski definition) is 1. The molecule has 0 aromatic heterocycles. The minimum absolute atomic E-state index is 0.0451. The normalized spacial score (nSPS) is 14.4. The second-order valence-corrected chi connectivity index (χ2v) is 9.70. The maximum Gasteiger partial charge on any atom is 0.243 e. The lowest BCUT2D eigenvalue weighted by Gasteiger charge is -2.32. The fraction of sp³-hybridized carbons (Fsp3) is 0.333. The number of nitrogens with zero attached hydrogens (tertiary/aromatic N) is 1. The third kappa shape index (κ3) is 7.19. The van der Waals surface area contributed by atoms with Gasteiger partial charge in [0.15, 0.2) is 0 Å². The number of hydrogen-bond acceptors (Lipinski definition) is 2. The van der Waals surface area contributed by atoms with Gasteiger partial charge in [0.05, 0.1) is 0 Å². The highest BCUT2D eigenvalue weighted by atomic mass is 35.5. The molecular formula is C30H33ClN2O2. The number of carbonyl (C=O) groups excluding carboxylic acids is 2. The molecule has 4 rings (SSSR count). The zero-order chi connectivity index (χ0) is 24.5. The van der Waals surface area contributed by atoms with E-state index < -0.39 is 6.04 Å². The quantitative estimate of drug-likeness (QED) is 0.382. The molecule has 1 fully saturated rings. The van der Waals surface area contributed by atoms with E-state index in [9.17, 15) is 9.59 Å². The maximum absolute atomic E-state index is 13.7. The van der Waals surface area contributed by atoms with Crippen molar-refractivity contribution in [1.29, 1.82) is 0 Å². The molecule has 3 aromatic carbocycles. The van der Waals surface area contributed by atoms with Crippen LogP contribution in [0.25, 0.3) is 0 Å². The Morgan fingerprint density at radius 1 is 0.857 bits per heavy atom. The molecule has 3 aromatic rings. The lowest BCUT2D eigenvalue weighted by Crippen LogP contribution is -2.52. The summed E-state index contributed by atoms with van der Waals surface area (Å²) in [6.45, 7) is 0.295. The summed E-state index contributed by atoms with van der Waals surface area (Å²) in [5.41, 5.74) is 2.97. The smallest absolute Gasteiger partial charge is 0.243 e. The second kappa shape index (κ2) is 12.6. The Hall–Kier alpha value is -3.11. The van der Waals surface area contributed by atoms with E-state index in [1.807, 2.05) is 84.9 Å². The minimum Gasteiger partial charge on any atom is -0.352 e. The molecular weight excluding hydrogens is 456 g/mol. The summed E-state index contributed by atoms with van der Waals surface area (Å²) in [5.74, 6) is -0.128. The Bertz CT molecular complexity index is 1100. The summed E-state index contributed by atoms with van der Waals surface area (Å²) in [6.07, 6.45) is 5.67. The molecule has 4 nitrogen and oxygen atoms in total. The van der Waals surface area contributed by atoms with Gasteiger partial charge in [0.2, 0.25) is 11.8 Å². The van der Waals surface area contributed by atoms with Crippen molar-refractivity contribution in [2.24, 2.45) is 0 Å². The van der Waals surface area contributed by atoms with Crippen LogP contribution in [0.15, 0.2) is 84.9 Å². The molecule has 1 atom stereocenters. The molecule has 0 unspecified atom stereocenters. The van der Waals surface area contributed by atoms with Crippen LogP contribution >= 0.6 is 11.6 Å². The zero-order valence-electron chi connectivity index (χ0n) is 20.0. The summed E-state index contributed by atoms with van der Waals surface area (Å²) in [7, 11) is 0. The van der Waals surface area contributed by atoms with Crippen LogP contribution < -0.4 is 5.32 Å². The summed E-state index contributed by atoms with van der Waals surface area (Å²) in [4.78, 5) is 29.1. The molecule has 1 aliphatic carbocycles. The Kier molecular flexibility index (Phi) is 8.96. The average molecular weight is 489 g/mol. The van der Waals surface area contributed by atoms with Gasteiger partial charge in [-0.25, -0.2) is 0 Å². The number of benzene rings is 3. The number of aryl methyl sites for hydroxylation is 1. The van der Waals surface area contributed by atoms with Gasteiger partial charge < -0.3 is 10.2 Å². The first-order chi connectivity index (χ1) is 17.1. The summed E-state index contributed by atoms with van der Waals surface area (Å²) < 4.78 is 0. The Morgan fingerprint density at radius 3 is 2.11 bits per heavy atom. The highest BCUT2D eigenvalue weighted by Gasteiger charge is 2.32. The third-order valence-electron chi connectivity index (χ3n) is 6.74. The molecule has 5 heteroatoms. The molecule has 1 aliphatic rings. The predicted molar refractivity (Wildman–Crippen MR) is 141 cm³/mol. The van der Waals surface area contributed by atoms with Crippen LogP contribution in [0.4, 0.5) is 0 Å². The lowest BCUT2D eigenvalue weighted by atomic mass is 10.0. The maximum atomic E-state index is 13.7. The van der Waals surface area contributed by atoms with Crippen molar-refractivity contribution < 1.29 is 9.59 Å². The van der Waals surface area contributed by atoms with Crippen molar-refractivity contribution in [2.75, 3.05) is 0 Å². The van der Waals surface area contributed by atoms with Gasteiger partial charge in [0.1, 0.15) is 6.04 Å². The second-order valence-electron chi connectivity index (χ2n) is 9.29. The van der Waals surface area contributed by atoms with Crippen molar-refractivity contribution in [3.05, 3.63) is 107 Å². The van der Waals surface area contributed by atoms with Crippen molar-refractivity contribution in [3.8, 4) is 0 Å². The van der Waals surface area contributed by atoms with E-state index >= 15 is 0 Å². The van der Waals surface area contributed by atoms with Gasteiger partial charge in [-0.15, -0.1) is 0 Å². The molecule has 1 N–H and O–H groups in total. The van der Waals surface area contributed by atoms with E-state index in [1.165, 1.54) is 0 Å². The number of rotatable bonds is 10. The Balaban J connectivity index is 1.61. The first-order valence-corrected chi connectivity index (χ1v) is 12.9. The highest BCUT2D eigenvalue weighted by Crippen LogP contribution is 2.23. The van der Waals surface area contributed by atoms with Crippen LogP contribution in [0.3, 0.4) is 0 Å². The molecule has 35 heavy (non-hydrogen) atoms. The SMILES string of the molecule is O=C(NC1CCCC1)[C@H](Cc1ccccc1)N(Cc1ccccc1Cl)C(=O)CCc1ccccc1. The molecule has 0 bridgehead atoms. The van der Waals surface area contributed by atoms with Gasteiger partial charge in [0.25, 0.3) is 0 Å². The van der Waals surface area contributed by atoms with Gasteiger partial charge in [-0.3, -0.25) is 9.59 Å². The zero-order valence-corrected chi connectivity index (χ0v) is 20.8. The summed E-state index contributed by atoms with van der Waals surface area (Å²) in [6, 6.07) is 27.0. The van der Waals surface area contributed by atoms with Gasteiger partial charge >= 0.3 is 0 Å². The molecule has 0 saturated heterocycles. The number of carbonyl (C=O) groups is 2. The van der Waals surface area contributed by atoms with Gasteiger partial charge in [-0.1, -0.05) is 103 Å². The fourth-order valence-electron chi connectivity index (χ4n) is 4.77. The van der Waals surface area contributed by atoms with Crippen molar-refractivity contribution >= 4 is 23.4 Å². The molecule has 0 aliphatic heterocycles. The van der Waals surface area contributed by atoms with Gasteiger partial charge in [0, 0.05) is 30.5 Å². The van der Waals surface area contributed by atoms with Gasteiger partial charge in [-0.2, -0.15) is 0 Å². The fourth-order valence-corrected chi connectivity index (χ4v) is 4.97. The van der Waals surface area contributed by atoms with Crippen LogP contribution in [0.2, 0.25) is 5.02 Å². The molecule has 0 spiro atoms. The third-order valence-corrected chi connectivity index (χ3v) is 7.11. The van der Waals surface area contributed by atoms with E-state index in [1.54, 1.807) is 4.90 Å². The minimum atomic E-state index is -0.613. The molecule has 0 heterocycles. The van der Waals surface area contributed by atoms with Crippen LogP contribution in [-0.4, -0.2) is 28.8 Å². The summed E-state index contributed by atoms with van der Waals surface area (Å²) in [5, 5.41) is 3.84. The van der Waals surface area contributed by atoms with E-state index in [-0.39, 0.29) is 17.9 Å². The van der Waals surface area contributed by atoms with E-state index in [4.69, 9.17) is 11.6 Å². The van der Waals surface area contributed by atoms with Crippen LogP contribution in [0, 0.1) is 0 Å². The van der Waals surface area contributed by atoms with E-state index in [0.29, 0.717) is 30.8 Å². The molecule has 1 saturated carbocycles. The average Bonchev–Trinajstić information content (AvgIpc) is 3.40.